The lowest BCUT2D eigenvalue weighted by atomic mass is 9.99. The second kappa shape index (κ2) is 11.5. The van der Waals surface area contributed by atoms with Crippen molar-refractivity contribution in [3.63, 3.8) is 0 Å². The summed E-state index contributed by atoms with van der Waals surface area (Å²) in [7, 11) is 1.82. The third kappa shape index (κ3) is 6.43. The summed E-state index contributed by atoms with van der Waals surface area (Å²) >= 11 is 0. The average Bonchev–Trinajstić information content (AvgIpc) is 3.34. The smallest absolute Gasteiger partial charge is 0.194 e. The lowest BCUT2D eigenvalue weighted by Gasteiger charge is -2.36. The van der Waals surface area contributed by atoms with Gasteiger partial charge < -0.3 is 19.3 Å². The molecule has 2 aromatic heterocycles. The number of halogens is 1. The van der Waals surface area contributed by atoms with Gasteiger partial charge in [-0.3, -0.25) is 9.89 Å². The van der Waals surface area contributed by atoms with Crippen LogP contribution in [0, 0.1) is 6.92 Å². The van der Waals surface area contributed by atoms with E-state index in [9.17, 15) is 0 Å². The first-order valence-electron chi connectivity index (χ1n) is 10.2. The van der Waals surface area contributed by atoms with Gasteiger partial charge in [0.25, 0.3) is 0 Å². The third-order valence-corrected chi connectivity index (χ3v) is 5.35. The second-order valence-electron chi connectivity index (χ2n) is 7.32. The molecule has 162 valence electrons. The molecule has 29 heavy (non-hydrogen) atoms. The molecule has 0 saturated carbocycles. The first-order chi connectivity index (χ1) is 13.6. The number of aromatic nitrogens is 2. The van der Waals surface area contributed by atoms with Crippen molar-refractivity contribution in [2.75, 3.05) is 33.2 Å². The molecular formula is C20H33IN6O2. The lowest BCUT2D eigenvalue weighted by molar-refractivity contribution is 0.168. The van der Waals surface area contributed by atoms with Crippen LogP contribution in [0.2, 0.25) is 0 Å². The van der Waals surface area contributed by atoms with E-state index in [0.717, 1.165) is 74.4 Å². The Morgan fingerprint density at radius 2 is 1.86 bits per heavy atom. The molecule has 0 unspecified atom stereocenters. The molecule has 0 aromatic carbocycles. The Morgan fingerprint density at radius 3 is 2.45 bits per heavy atom. The van der Waals surface area contributed by atoms with Gasteiger partial charge in [0.15, 0.2) is 11.7 Å². The lowest BCUT2D eigenvalue weighted by Crippen LogP contribution is -2.52. The summed E-state index contributed by atoms with van der Waals surface area (Å²) in [5, 5.41) is 11.7. The van der Waals surface area contributed by atoms with Crippen molar-refractivity contribution in [1.29, 1.82) is 0 Å². The van der Waals surface area contributed by atoms with Crippen LogP contribution < -0.4 is 5.32 Å². The van der Waals surface area contributed by atoms with Gasteiger partial charge in [-0.25, -0.2) is 0 Å². The number of hydrogen-bond acceptors (Lipinski definition) is 6. The number of nitrogens with zero attached hydrogens (tertiary/aromatic N) is 5. The maximum absolute atomic E-state index is 5.51. The highest BCUT2D eigenvalue weighted by Gasteiger charge is 2.21. The van der Waals surface area contributed by atoms with Crippen LogP contribution in [0.5, 0.6) is 0 Å². The number of hydrogen-bond donors (Lipinski definition) is 1. The standard InChI is InChI=1S/C20H32N6O2.HI/c1-5-16(6-2)19-12-18(28-24-19)13-22-20(21-4)26-9-7-25(8-10-26)14-17-11-15(3)27-23-17;/h11-12,16H,5-10,13-14H2,1-4H3,(H,21,22);1H. The van der Waals surface area contributed by atoms with Crippen molar-refractivity contribution < 1.29 is 9.05 Å². The quantitative estimate of drug-likeness (QED) is 0.343. The Kier molecular flexibility index (Phi) is 9.41. The van der Waals surface area contributed by atoms with Gasteiger partial charge in [0.1, 0.15) is 5.76 Å². The summed E-state index contributed by atoms with van der Waals surface area (Å²) in [6, 6.07) is 4.07. The van der Waals surface area contributed by atoms with Gasteiger partial charge in [-0.05, 0) is 19.8 Å². The summed E-state index contributed by atoms with van der Waals surface area (Å²) in [5.74, 6) is 3.08. The van der Waals surface area contributed by atoms with Crippen LogP contribution in [-0.2, 0) is 13.1 Å². The van der Waals surface area contributed by atoms with Gasteiger partial charge in [-0.15, -0.1) is 24.0 Å². The summed E-state index contributed by atoms with van der Waals surface area (Å²) in [6.45, 7) is 11.5. The molecule has 0 aliphatic carbocycles. The normalized spacial score (nSPS) is 15.6. The van der Waals surface area contributed by atoms with E-state index in [1.54, 1.807) is 0 Å². The van der Waals surface area contributed by atoms with Crippen LogP contribution >= 0.6 is 24.0 Å². The van der Waals surface area contributed by atoms with E-state index in [0.29, 0.717) is 12.5 Å². The fourth-order valence-corrected chi connectivity index (χ4v) is 3.65. The van der Waals surface area contributed by atoms with Crippen molar-refractivity contribution in [3.8, 4) is 0 Å². The van der Waals surface area contributed by atoms with Crippen molar-refractivity contribution in [2.24, 2.45) is 4.99 Å². The topological polar surface area (TPSA) is 82.9 Å². The SMILES string of the molecule is CCC(CC)c1cc(CNC(=NC)N2CCN(Cc3cc(C)on3)CC2)on1.I. The number of aliphatic imine (C=N–C) groups is 1. The molecule has 1 N–H and O–H groups in total. The zero-order valence-electron chi connectivity index (χ0n) is 17.8. The average molecular weight is 516 g/mol. The molecule has 0 atom stereocenters. The van der Waals surface area contributed by atoms with Gasteiger partial charge in [-0.1, -0.05) is 24.2 Å². The zero-order valence-corrected chi connectivity index (χ0v) is 20.2. The van der Waals surface area contributed by atoms with Crippen LogP contribution in [0.25, 0.3) is 0 Å². The number of rotatable bonds is 7. The Bertz CT molecular complexity index is 763. The molecule has 8 nitrogen and oxygen atoms in total. The van der Waals surface area contributed by atoms with Crippen molar-refractivity contribution >= 4 is 29.9 Å². The van der Waals surface area contributed by atoms with Gasteiger partial charge >= 0.3 is 0 Å². The highest BCUT2D eigenvalue weighted by Crippen LogP contribution is 2.22. The highest BCUT2D eigenvalue weighted by atomic mass is 127. The Balaban J connectivity index is 0.00000300. The molecule has 0 spiro atoms. The third-order valence-electron chi connectivity index (χ3n) is 5.35. The van der Waals surface area contributed by atoms with Crippen molar-refractivity contribution in [2.45, 2.75) is 52.6 Å². The molecule has 0 amide bonds. The zero-order chi connectivity index (χ0) is 19.9. The molecule has 2 aromatic rings. The fraction of sp³-hybridized carbons (Fsp3) is 0.650. The molecule has 1 saturated heterocycles. The first-order valence-corrected chi connectivity index (χ1v) is 10.2. The predicted molar refractivity (Wildman–Crippen MR) is 124 cm³/mol. The number of nitrogens with one attached hydrogen (secondary N) is 1. The van der Waals surface area contributed by atoms with Crippen molar-refractivity contribution in [1.82, 2.24) is 25.4 Å². The minimum atomic E-state index is 0. The maximum atomic E-state index is 5.51. The Morgan fingerprint density at radius 1 is 1.14 bits per heavy atom. The summed E-state index contributed by atoms with van der Waals surface area (Å²) in [4.78, 5) is 9.11. The first kappa shape index (κ1) is 23.7. The van der Waals surface area contributed by atoms with E-state index in [4.69, 9.17) is 9.05 Å². The molecule has 9 heteroatoms. The van der Waals surface area contributed by atoms with E-state index in [1.165, 1.54) is 0 Å². The molecule has 3 rings (SSSR count). The van der Waals surface area contributed by atoms with E-state index in [2.05, 4.69) is 50.3 Å². The van der Waals surface area contributed by atoms with E-state index >= 15 is 0 Å². The van der Waals surface area contributed by atoms with Crippen LogP contribution in [-0.4, -0.2) is 59.3 Å². The number of aryl methyl sites for hydroxylation is 1. The van der Waals surface area contributed by atoms with Gasteiger partial charge in [0, 0.05) is 57.8 Å². The molecule has 1 fully saturated rings. The second-order valence-corrected chi connectivity index (χ2v) is 7.32. The Labute approximate surface area is 190 Å². The van der Waals surface area contributed by atoms with E-state index < -0.39 is 0 Å². The molecule has 1 aliphatic heterocycles. The minimum absolute atomic E-state index is 0. The Hall–Kier alpha value is -1.62. The van der Waals surface area contributed by atoms with Gasteiger partial charge in [-0.2, -0.15) is 0 Å². The molecule has 0 radical (unpaired) electrons. The van der Waals surface area contributed by atoms with Crippen molar-refractivity contribution in [3.05, 3.63) is 35.0 Å². The number of piperazine rings is 1. The predicted octanol–water partition coefficient (Wildman–Crippen LogP) is 3.39. The van der Waals surface area contributed by atoms with E-state index in [-0.39, 0.29) is 24.0 Å². The number of guanidine groups is 1. The highest BCUT2D eigenvalue weighted by molar-refractivity contribution is 14.0. The van der Waals surface area contributed by atoms with Gasteiger partial charge in [0.2, 0.25) is 0 Å². The van der Waals surface area contributed by atoms with Crippen LogP contribution in [0.15, 0.2) is 26.2 Å². The summed E-state index contributed by atoms with van der Waals surface area (Å²) < 4.78 is 10.7. The molecule has 3 heterocycles. The maximum Gasteiger partial charge on any atom is 0.194 e. The molecule has 1 aliphatic rings. The molecule has 0 bridgehead atoms. The van der Waals surface area contributed by atoms with E-state index in [1.807, 2.05) is 20.0 Å². The summed E-state index contributed by atoms with van der Waals surface area (Å²) in [6.07, 6.45) is 2.16. The van der Waals surface area contributed by atoms with Crippen LogP contribution in [0.1, 0.15) is 55.5 Å². The largest absolute Gasteiger partial charge is 0.361 e. The summed E-state index contributed by atoms with van der Waals surface area (Å²) in [5.41, 5.74) is 2.04. The fourth-order valence-electron chi connectivity index (χ4n) is 3.65. The molecular weight excluding hydrogens is 483 g/mol. The minimum Gasteiger partial charge on any atom is -0.361 e. The monoisotopic (exact) mass is 516 g/mol. The van der Waals surface area contributed by atoms with Crippen LogP contribution in [0.3, 0.4) is 0 Å². The van der Waals surface area contributed by atoms with Crippen LogP contribution in [0.4, 0.5) is 0 Å². The van der Waals surface area contributed by atoms with Gasteiger partial charge in [0.05, 0.1) is 17.9 Å².